The second-order valence-electron chi connectivity index (χ2n) is 6.82. The van der Waals surface area contributed by atoms with Crippen molar-refractivity contribution in [2.75, 3.05) is 18.0 Å². The lowest BCUT2D eigenvalue weighted by Gasteiger charge is -2.17. The molecular formula is C22H19ClN4O3S2. The average Bonchev–Trinajstić information content (AvgIpc) is 3.27. The number of nitrogens with zero attached hydrogens (tertiary/aromatic N) is 4. The van der Waals surface area contributed by atoms with Gasteiger partial charge < -0.3 is 4.90 Å². The van der Waals surface area contributed by atoms with Gasteiger partial charge in [-0.15, -0.1) is 0 Å². The van der Waals surface area contributed by atoms with Gasteiger partial charge in [-0.25, -0.2) is 4.99 Å². The van der Waals surface area contributed by atoms with Crippen LogP contribution in [0.1, 0.15) is 13.8 Å². The van der Waals surface area contributed by atoms with Gasteiger partial charge in [0.2, 0.25) is 0 Å². The Labute approximate surface area is 199 Å². The highest BCUT2D eigenvalue weighted by Crippen LogP contribution is 2.47. The Morgan fingerprint density at radius 1 is 1.09 bits per heavy atom. The fourth-order valence-corrected chi connectivity index (χ4v) is 5.62. The van der Waals surface area contributed by atoms with Gasteiger partial charge in [-0.1, -0.05) is 29.4 Å². The van der Waals surface area contributed by atoms with Crippen LogP contribution in [-0.2, 0) is 4.79 Å². The second-order valence-corrected chi connectivity index (χ2v) is 9.32. The molecule has 1 fully saturated rings. The Balaban J connectivity index is 1.62. The van der Waals surface area contributed by atoms with Crippen molar-refractivity contribution >= 4 is 63.3 Å². The summed E-state index contributed by atoms with van der Waals surface area (Å²) in [4.78, 5) is 33.4. The lowest BCUT2D eigenvalue weighted by atomic mass is 10.3. The number of nitro groups is 1. The zero-order valence-corrected chi connectivity index (χ0v) is 19.7. The first-order valence-corrected chi connectivity index (χ1v) is 11.9. The van der Waals surface area contributed by atoms with Gasteiger partial charge in [0, 0.05) is 35.1 Å². The van der Waals surface area contributed by atoms with Gasteiger partial charge in [0.1, 0.15) is 0 Å². The van der Waals surface area contributed by atoms with Crippen LogP contribution in [0.2, 0.25) is 5.02 Å². The molecule has 10 heteroatoms. The first-order valence-electron chi connectivity index (χ1n) is 9.91. The summed E-state index contributed by atoms with van der Waals surface area (Å²) in [6.45, 7) is 5.16. The van der Waals surface area contributed by atoms with Crippen LogP contribution < -0.4 is 4.90 Å². The number of halogens is 1. The summed E-state index contributed by atoms with van der Waals surface area (Å²) in [6, 6.07) is 11.9. The topological polar surface area (TPSA) is 79.0 Å². The fourth-order valence-electron chi connectivity index (χ4n) is 3.34. The first-order chi connectivity index (χ1) is 15.4. The third-order valence-electron chi connectivity index (χ3n) is 4.86. The number of benzene rings is 2. The normalized spacial score (nSPS) is 19.5. The molecule has 0 saturated carbocycles. The monoisotopic (exact) mass is 486 g/mol. The lowest BCUT2D eigenvalue weighted by molar-refractivity contribution is -0.384. The molecule has 1 saturated heterocycles. The summed E-state index contributed by atoms with van der Waals surface area (Å²) < 4.78 is 0. The lowest BCUT2D eigenvalue weighted by Crippen LogP contribution is -2.28. The molecule has 0 bridgehead atoms. The Morgan fingerprint density at radius 3 is 2.59 bits per heavy atom. The number of thioether (sulfide) groups is 2. The number of hydrogen-bond donors (Lipinski definition) is 0. The van der Waals surface area contributed by atoms with E-state index in [1.807, 2.05) is 37.3 Å². The smallest absolute Gasteiger partial charge is 0.271 e. The van der Waals surface area contributed by atoms with Crippen LogP contribution in [0.25, 0.3) is 0 Å². The molecule has 0 N–H and O–H groups in total. The van der Waals surface area contributed by atoms with Gasteiger partial charge in [0.05, 0.1) is 26.2 Å². The number of allylic oxidation sites excluding steroid dienone is 2. The second kappa shape index (κ2) is 9.40. The zero-order chi connectivity index (χ0) is 22.8. The standard InChI is InChI=1S/C22H19ClN4O3S2/c1-3-25-17-12-14(23)8-9-18(17)31-20(25)11-10-19-21(28)26(4-2)22(32-19)24-15-6-5-7-16(13-15)27(29)30/h5-13H,3-4H2,1-2H3/b19-10+,20-11+,24-22?. The summed E-state index contributed by atoms with van der Waals surface area (Å²) in [5.74, 6) is -0.134. The van der Waals surface area contributed by atoms with E-state index >= 15 is 0 Å². The molecule has 0 aliphatic carbocycles. The third-order valence-corrected chi connectivity index (χ3v) is 7.25. The van der Waals surface area contributed by atoms with Gasteiger partial charge in [0.25, 0.3) is 11.6 Å². The molecule has 7 nitrogen and oxygen atoms in total. The van der Waals surface area contributed by atoms with Crippen LogP contribution >= 0.6 is 35.1 Å². The average molecular weight is 487 g/mol. The SMILES string of the molecule is CCN1C(=O)/C(=C\C=C2\Sc3ccc(Cl)cc3N2CC)SC1=Nc1cccc([N+](=O)[O-])c1. The first kappa shape index (κ1) is 22.4. The van der Waals surface area contributed by atoms with E-state index in [1.165, 1.54) is 23.9 Å². The number of aliphatic imine (C=N–C) groups is 1. The molecule has 0 aromatic heterocycles. The zero-order valence-electron chi connectivity index (χ0n) is 17.3. The maximum Gasteiger partial charge on any atom is 0.271 e. The van der Waals surface area contributed by atoms with E-state index < -0.39 is 4.92 Å². The molecule has 2 aliphatic rings. The van der Waals surface area contributed by atoms with Crippen LogP contribution in [0.5, 0.6) is 0 Å². The van der Waals surface area contributed by atoms with Crippen LogP contribution in [0.15, 0.2) is 74.4 Å². The molecule has 0 radical (unpaired) electrons. The number of fused-ring (bicyclic) bond motifs is 1. The van der Waals surface area contributed by atoms with Gasteiger partial charge >= 0.3 is 0 Å². The largest absolute Gasteiger partial charge is 0.335 e. The van der Waals surface area contributed by atoms with Crippen molar-refractivity contribution in [1.82, 2.24) is 4.90 Å². The molecular weight excluding hydrogens is 468 g/mol. The number of carbonyl (C=O) groups is 1. The van der Waals surface area contributed by atoms with E-state index in [9.17, 15) is 14.9 Å². The minimum absolute atomic E-state index is 0.0395. The number of anilines is 1. The van der Waals surface area contributed by atoms with E-state index in [4.69, 9.17) is 11.6 Å². The van der Waals surface area contributed by atoms with Crippen LogP contribution in [0, 0.1) is 10.1 Å². The van der Waals surface area contributed by atoms with Crippen molar-refractivity contribution in [1.29, 1.82) is 0 Å². The minimum atomic E-state index is -0.463. The highest BCUT2D eigenvalue weighted by atomic mass is 35.5. The predicted molar refractivity (Wildman–Crippen MR) is 132 cm³/mol. The number of carbonyl (C=O) groups excluding carboxylic acids is 1. The molecule has 32 heavy (non-hydrogen) atoms. The van der Waals surface area contributed by atoms with Gasteiger partial charge in [-0.3, -0.25) is 19.8 Å². The van der Waals surface area contributed by atoms with E-state index in [1.54, 1.807) is 28.8 Å². The number of amides is 1. The minimum Gasteiger partial charge on any atom is -0.335 e. The summed E-state index contributed by atoms with van der Waals surface area (Å²) in [7, 11) is 0. The fraction of sp³-hybridized carbons (Fsp3) is 0.182. The molecule has 1 amide bonds. The number of nitro benzene ring substituents is 1. The van der Waals surface area contributed by atoms with Crippen molar-refractivity contribution in [3.05, 3.63) is 79.7 Å². The summed E-state index contributed by atoms with van der Waals surface area (Å²) >= 11 is 9.06. The molecule has 164 valence electrons. The van der Waals surface area contributed by atoms with Gasteiger partial charge in [0.15, 0.2) is 5.17 Å². The number of non-ortho nitro benzene ring substituents is 1. The summed E-state index contributed by atoms with van der Waals surface area (Å²) in [5, 5.41) is 13.2. The Hall–Kier alpha value is -2.75. The van der Waals surface area contributed by atoms with Gasteiger partial charge in [-0.2, -0.15) is 0 Å². The van der Waals surface area contributed by atoms with Crippen molar-refractivity contribution in [3.8, 4) is 0 Å². The molecule has 0 atom stereocenters. The Bertz CT molecular complexity index is 1200. The van der Waals surface area contributed by atoms with Crippen molar-refractivity contribution in [2.24, 2.45) is 4.99 Å². The van der Waals surface area contributed by atoms with Gasteiger partial charge in [-0.05, 0) is 62.0 Å². The number of amidine groups is 1. The molecule has 2 aromatic rings. The van der Waals surface area contributed by atoms with Crippen molar-refractivity contribution in [3.63, 3.8) is 0 Å². The van der Waals surface area contributed by atoms with Crippen LogP contribution in [-0.4, -0.2) is 34.0 Å². The van der Waals surface area contributed by atoms with E-state index in [0.717, 1.165) is 22.2 Å². The summed E-state index contributed by atoms with van der Waals surface area (Å²) in [6.07, 6.45) is 3.75. The van der Waals surface area contributed by atoms with Crippen LogP contribution in [0.4, 0.5) is 17.1 Å². The maximum atomic E-state index is 12.9. The Morgan fingerprint density at radius 2 is 1.88 bits per heavy atom. The maximum absolute atomic E-state index is 12.9. The number of rotatable bonds is 5. The van der Waals surface area contributed by atoms with Crippen LogP contribution in [0.3, 0.4) is 0 Å². The summed E-state index contributed by atoms with van der Waals surface area (Å²) in [5.41, 5.74) is 1.45. The molecule has 2 heterocycles. The Kier molecular flexibility index (Phi) is 6.59. The molecule has 0 unspecified atom stereocenters. The van der Waals surface area contributed by atoms with Crippen molar-refractivity contribution in [2.45, 2.75) is 18.7 Å². The van der Waals surface area contributed by atoms with E-state index in [2.05, 4.69) is 16.8 Å². The predicted octanol–water partition coefficient (Wildman–Crippen LogP) is 6.19. The molecule has 2 aromatic carbocycles. The van der Waals surface area contributed by atoms with Crippen molar-refractivity contribution < 1.29 is 9.72 Å². The molecule has 2 aliphatic heterocycles. The number of hydrogen-bond acceptors (Lipinski definition) is 7. The molecule has 0 spiro atoms. The highest BCUT2D eigenvalue weighted by molar-refractivity contribution is 8.18. The van der Waals surface area contributed by atoms with E-state index in [-0.39, 0.29) is 11.6 Å². The quantitative estimate of drug-likeness (QED) is 0.285. The highest BCUT2D eigenvalue weighted by Gasteiger charge is 2.32. The van der Waals surface area contributed by atoms with E-state index in [0.29, 0.717) is 27.3 Å². The molecule has 4 rings (SSSR count). The third kappa shape index (κ3) is 4.41. The number of likely N-dealkylation sites (N-methyl/N-ethyl adjacent to an activating group) is 1.